The van der Waals surface area contributed by atoms with Gasteiger partial charge in [-0.15, -0.1) is 0 Å². The van der Waals surface area contributed by atoms with E-state index in [4.69, 9.17) is 23.2 Å². The number of carbonyl (C=O) groups excluding carboxylic acids is 2. The third-order valence-corrected chi connectivity index (χ3v) is 3.69. The van der Waals surface area contributed by atoms with Crippen LogP contribution >= 0.6 is 23.2 Å². The lowest BCUT2D eigenvalue weighted by Crippen LogP contribution is -2.49. The number of methoxy groups -OCH3 is 1. The topological polar surface area (TPSA) is 46.6 Å². The molecule has 1 aromatic rings. The number of benzene rings is 1. The number of amides is 1. The number of hydrogen-bond donors (Lipinski definition) is 0. The number of halogens is 2. The van der Waals surface area contributed by atoms with Gasteiger partial charge in [0.05, 0.1) is 7.11 Å². The molecule has 0 spiro atoms. The van der Waals surface area contributed by atoms with Gasteiger partial charge in [0.1, 0.15) is 0 Å². The highest BCUT2D eigenvalue weighted by Crippen LogP contribution is 2.27. The first-order valence-corrected chi connectivity index (χ1v) is 6.43. The van der Waals surface area contributed by atoms with Crippen LogP contribution < -0.4 is 4.90 Å². The van der Waals surface area contributed by atoms with Crippen molar-refractivity contribution in [1.29, 1.82) is 0 Å². The zero-order chi connectivity index (χ0) is 14.6. The van der Waals surface area contributed by atoms with Crippen LogP contribution in [0.25, 0.3) is 0 Å². The van der Waals surface area contributed by atoms with Gasteiger partial charge in [-0.2, -0.15) is 0 Å². The van der Waals surface area contributed by atoms with Crippen molar-refractivity contribution < 1.29 is 14.3 Å². The molecule has 0 aliphatic rings. The molecule has 0 saturated carbocycles. The van der Waals surface area contributed by atoms with Gasteiger partial charge in [-0.3, -0.25) is 4.79 Å². The van der Waals surface area contributed by atoms with E-state index in [1.165, 1.54) is 12.0 Å². The Bertz CT molecular complexity index is 475. The molecule has 1 aromatic carbocycles. The summed E-state index contributed by atoms with van der Waals surface area (Å²) in [6.45, 7) is 1.65. The molecule has 0 aliphatic carbocycles. The molecule has 19 heavy (non-hydrogen) atoms. The maximum Gasteiger partial charge on any atom is 0.336 e. The average molecular weight is 304 g/mol. The number of rotatable bonds is 4. The Morgan fingerprint density at radius 1 is 1.32 bits per heavy atom. The van der Waals surface area contributed by atoms with E-state index in [-0.39, 0.29) is 6.42 Å². The largest absolute Gasteiger partial charge is 0.467 e. The monoisotopic (exact) mass is 303 g/mol. The zero-order valence-electron chi connectivity index (χ0n) is 10.9. The molecule has 1 amide bonds. The summed E-state index contributed by atoms with van der Waals surface area (Å²) in [4.78, 5) is 23.6. The van der Waals surface area contributed by atoms with Gasteiger partial charge in [0, 0.05) is 17.8 Å². The molecular weight excluding hydrogens is 289 g/mol. The predicted molar refractivity (Wildman–Crippen MR) is 75.8 cm³/mol. The molecular formula is C13H15Cl2NO3. The normalized spacial score (nSPS) is 13.5. The molecule has 0 bridgehead atoms. The van der Waals surface area contributed by atoms with Crippen LogP contribution in [0, 0.1) is 0 Å². The average Bonchev–Trinajstić information content (AvgIpc) is 2.44. The second-order valence-corrected chi connectivity index (χ2v) is 5.07. The number of carbonyl (C=O) groups is 2. The van der Waals surface area contributed by atoms with Gasteiger partial charge < -0.3 is 9.64 Å². The van der Waals surface area contributed by atoms with Crippen molar-refractivity contribution in [3.8, 4) is 0 Å². The molecule has 1 rings (SSSR count). The van der Waals surface area contributed by atoms with Crippen LogP contribution in [0.1, 0.15) is 13.3 Å². The molecule has 0 aliphatic heterocycles. The van der Waals surface area contributed by atoms with Crippen LogP contribution in [-0.4, -0.2) is 30.9 Å². The van der Waals surface area contributed by atoms with E-state index >= 15 is 0 Å². The second kappa shape index (κ2) is 6.26. The fourth-order valence-electron chi connectivity index (χ4n) is 1.59. The van der Waals surface area contributed by atoms with Crippen molar-refractivity contribution in [3.63, 3.8) is 0 Å². The predicted octanol–water partition coefficient (Wildman–Crippen LogP) is 2.86. The Morgan fingerprint density at radius 2 is 1.84 bits per heavy atom. The van der Waals surface area contributed by atoms with E-state index < -0.39 is 16.8 Å². The lowest BCUT2D eigenvalue weighted by molar-refractivity contribution is -0.147. The SMILES string of the molecule is CCC(Cl)(C(=O)OC)C(=O)N(C)c1ccc(Cl)cc1. The van der Waals surface area contributed by atoms with Crippen LogP contribution in [0.2, 0.25) is 5.02 Å². The maximum atomic E-state index is 12.3. The summed E-state index contributed by atoms with van der Waals surface area (Å²) < 4.78 is 4.59. The van der Waals surface area contributed by atoms with E-state index in [1.54, 1.807) is 38.2 Å². The Labute approximate surface area is 122 Å². The number of ether oxygens (including phenoxy) is 1. The van der Waals surface area contributed by atoms with E-state index in [2.05, 4.69) is 4.74 Å². The molecule has 1 unspecified atom stereocenters. The molecule has 0 heterocycles. The minimum Gasteiger partial charge on any atom is -0.467 e. The number of anilines is 1. The van der Waals surface area contributed by atoms with Gasteiger partial charge in [-0.25, -0.2) is 4.79 Å². The number of esters is 1. The third-order valence-electron chi connectivity index (χ3n) is 2.85. The van der Waals surface area contributed by atoms with Crippen molar-refractivity contribution in [2.45, 2.75) is 18.2 Å². The maximum absolute atomic E-state index is 12.3. The molecule has 0 fully saturated rings. The molecule has 6 heteroatoms. The van der Waals surface area contributed by atoms with Crippen molar-refractivity contribution in [2.24, 2.45) is 0 Å². The minimum absolute atomic E-state index is 0.137. The standard InChI is InChI=1S/C13H15Cl2NO3/c1-4-13(15,12(18)19-3)11(17)16(2)10-7-5-9(14)6-8-10/h5-8H,4H2,1-3H3. The van der Waals surface area contributed by atoms with Crippen molar-refractivity contribution in [1.82, 2.24) is 0 Å². The molecule has 0 saturated heterocycles. The fourth-order valence-corrected chi connectivity index (χ4v) is 1.92. The van der Waals surface area contributed by atoms with Crippen LogP contribution in [0.15, 0.2) is 24.3 Å². The zero-order valence-corrected chi connectivity index (χ0v) is 12.5. The molecule has 0 N–H and O–H groups in total. The van der Waals surface area contributed by atoms with Gasteiger partial charge in [-0.05, 0) is 30.7 Å². The van der Waals surface area contributed by atoms with Gasteiger partial charge in [0.25, 0.3) is 5.91 Å². The summed E-state index contributed by atoms with van der Waals surface area (Å²) in [5.41, 5.74) is 0.594. The van der Waals surface area contributed by atoms with Gasteiger partial charge in [0.2, 0.25) is 4.87 Å². The fraction of sp³-hybridized carbons (Fsp3) is 0.385. The number of nitrogens with zero attached hydrogens (tertiary/aromatic N) is 1. The van der Waals surface area contributed by atoms with Crippen molar-refractivity contribution >= 4 is 40.8 Å². The lowest BCUT2D eigenvalue weighted by atomic mass is 10.0. The van der Waals surface area contributed by atoms with Crippen molar-refractivity contribution in [2.75, 3.05) is 19.1 Å². The van der Waals surface area contributed by atoms with Crippen LogP contribution in [0.3, 0.4) is 0 Å². The van der Waals surface area contributed by atoms with Crippen LogP contribution in [0.5, 0.6) is 0 Å². The molecule has 4 nitrogen and oxygen atoms in total. The highest BCUT2D eigenvalue weighted by Gasteiger charge is 2.45. The molecule has 0 radical (unpaired) electrons. The van der Waals surface area contributed by atoms with Crippen molar-refractivity contribution in [3.05, 3.63) is 29.3 Å². The summed E-state index contributed by atoms with van der Waals surface area (Å²) in [6.07, 6.45) is 0.137. The molecule has 0 aromatic heterocycles. The Hall–Kier alpha value is -1.26. The summed E-state index contributed by atoms with van der Waals surface area (Å²) in [5.74, 6) is -1.30. The van der Waals surface area contributed by atoms with Gasteiger partial charge in [-0.1, -0.05) is 30.1 Å². The van der Waals surface area contributed by atoms with E-state index in [0.717, 1.165) is 0 Å². The quantitative estimate of drug-likeness (QED) is 0.488. The Kier molecular flexibility index (Phi) is 5.20. The number of hydrogen-bond acceptors (Lipinski definition) is 3. The van der Waals surface area contributed by atoms with E-state index in [1.807, 2.05) is 0 Å². The second-order valence-electron chi connectivity index (χ2n) is 3.99. The first kappa shape index (κ1) is 15.8. The first-order chi connectivity index (χ1) is 8.86. The lowest BCUT2D eigenvalue weighted by Gasteiger charge is -2.27. The number of alkyl halides is 1. The Morgan fingerprint density at radius 3 is 2.26 bits per heavy atom. The summed E-state index contributed by atoms with van der Waals surface area (Å²) >= 11 is 11.9. The van der Waals surface area contributed by atoms with Crippen LogP contribution in [-0.2, 0) is 14.3 Å². The molecule has 104 valence electrons. The minimum atomic E-state index is -1.71. The van der Waals surface area contributed by atoms with Gasteiger partial charge >= 0.3 is 5.97 Å². The highest BCUT2D eigenvalue weighted by atomic mass is 35.5. The first-order valence-electron chi connectivity index (χ1n) is 5.68. The third kappa shape index (κ3) is 3.19. The van der Waals surface area contributed by atoms with E-state index in [9.17, 15) is 9.59 Å². The molecule has 1 atom stereocenters. The smallest absolute Gasteiger partial charge is 0.336 e. The van der Waals surface area contributed by atoms with E-state index in [0.29, 0.717) is 10.7 Å². The summed E-state index contributed by atoms with van der Waals surface area (Å²) in [5, 5.41) is 0.560. The van der Waals surface area contributed by atoms with Gasteiger partial charge in [0.15, 0.2) is 0 Å². The highest BCUT2D eigenvalue weighted by molar-refractivity contribution is 6.47. The van der Waals surface area contributed by atoms with Crippen LogP contribution in [0.4, 0.5) is 5.69 Å². The Balaban J connectivity index is 3.04. The summed E-state index contributed by atoms with van der Waals surface area (Å²) in [7, 11) is 2.74. The summed E-state index contributed by atoms with van der Waals surface area (Å²) in [6, 6.07) is 6.65.